The summed E-state index contributed by atoms with van der Waals surface area (Å²) in [6.45, 7) is 0. The molecule has 0 aromatic heterocycles. The summed E-state index contributed by atoms with van der Waals surface area (Å²) in [6.07, 6.45) is 0.447. The Morgan fingerprint density at radius 1 is 1.00 bits per heavy atom. The largest absolute Gasteiger partial charge is 0.465 e. The van der Waals surface area contributed by atoms with Crippen LogP contribution in [0.5, 0.6) is 0 Å². The van der Waals surface area contributed by atoms with E-state index in [1.807, 2.05) is 0 Å². The van der Waals surface area contributed by atoms with Crippen molar-refractivity contribution in [1.82, 2.24) is 0 Å². The van der Waals surface area contributed by atoms with Crippen LogP contribution in [0.25, 0.3) is 0 Å². The predicted octanol–water partition coefficient (Wildman–Crippen LogP) is 3.87. The van der Waals surface area contributed by atoms with E-state index in [0.717, 1.165) is 0 Å². The van der Waals surface area contributed by atoms with Crippen molar-refractivity contribution in [2.45, 2.75) is 18.9 Å². The molecule has 0 aliphatic heterocycles. The number of nitrogens with zero attached hydrogens (tertiary/aromatic N) is 3. The molecule has 2 aromatic rings. The summed E-state index contributed by atoms with van der Waals surface area (Å²) in [6, 6.07) is 15.2. The third-order valence-corrected chi connectivity index (χ3v) is 3.84. The molecule has 138 valence electrons. The molecular formula is C20H19N3O4. The zero-order chi connectivity index (χ0) is 19.6. The number of azo groups is 1. The SMILES string of the molecule is COC(=O)c1ccccc1CC(CC#N)N=Nc1ccccc1C(=O)OC. The van der Waals surface area contributed by atoms with Gasteiger partial charge in [0.15, 0.2) is 0 Å². The van der Waals surface area contributed by atoms with Gasteiger partial charge in [0.05, 0.1) is 49.6 Å². The normalized spacial score (nSPS) is 11.6. The van der Waals surface area contributed by atoms with Crippen LogP contribution in [0.1, 0.15) is 32.7 Å². The van der Waals surface area contributed by atoms with Gasteiger partial charge in [0, 0.05) is 0 Å². The number of methoxy groups -OCH3 is 2. The molecule has 0 aliphatic rings. The average Bonchev–Trinajstić information content (AvgIpc) is 2.71. The molecule has 0 heterocycles. The number of esters is 2. The van der Waals surface area contributed by atoms with Crippen LogP contribution >= 0.6 is 0 Å². The molecule has 0 saturated heterocycles. The average molecular weight is 365 g/mol. The zero-order valence-electron chi connectivity index (χ0n) is 15.1. The fourth-order valence-corrected chi connectivity index (χ4v) is 2.51. The molecule has 0 N–H and O–H groups in total. The number of hydrogen-bond donors (Lipinski definition) is 0. The highest BCUT2D eigenvalue weighted by molar-refractivity contribution is 5.94. The van der Waals surface area contributed by atoms with Crippen LogP contribution in [0.15, 0.2) is 58.8 Å². The van der Waals surface area contributed by atoms with E-state index >= 15 is 0 Å². The van der Waals surface area contributed by atoms with Crippen molar-refractivity contribution < 1.29 is 19.1 Å². The fourth-order valence-electron chi connectivity index (χ4n) is 2.51. The van der Waals surface area contributed by atoms with Gasteiger partial charge in [-0.15, -0.1) is 0 Å². The number of rotatable bonds is 7. The van der Waals surface area contributed by atoms with Gasteiger partial charge in [0.25, 0.3) is 0 Å². The molecule has 0 aliphatic carbocycles. The quantitative estimate of drug-likeness (QED) is 0.547. The van der Waals surface area contributed by atoms with Gasteiger partial charge in [-0.3, -0.25) is 0 Å². The number of carbonyl (C=O) groups is 2. The van der Waals surface area contributed by atoms with Crippen LogP contribution in [0.2, 0.25) is 0 Å². The minimum absolute atomic E-state index is 0.111. The van der Waals surface area contributed by atoms with Crippen molar-refractivity contribution in [3.8, 4) is 6.07 Å². The van der Waals surface area contributed by atoms with Gasteiger partial charge in [0.2, 0.25) is 0 Å². The Morgan fingerprint density at radius 2 is 1.59 bits per heavy atom. The molecule has 0 fully saturated rings. The Kier molecular flexibility index (Phi) is 7.20. The fraction of sp³-hybridized carbons (Fsp3) is 0.250. The van der Waals surface area contributed by atoms with E-state index in [9.17, 15) is 9.59 Å². The standard InChI is InChI=1S/C20H19N3O4/c1-26-19(24)16-8-4-3-7-14(16)13-15(11-12-21)22-23-18-10-6-5-9-17(18)20(25)27-2/h3-10,15H,11,13H2,1-2H3. The Balaban J connectivity index is 2.28. The van der Waals surface area contributed by atoms with Crippen LogP contribution in [0.4, 0.5) is 5.69 Å². The van der Waals surface area contributed by atoms with Gasteiger partial charge >= 0.3 is 11.9 Å². The Morgan fingerprint density at radius 3 is 2.26 bits per heavy atom. The number of nitriles is 1. The van der Waals surface area contributed by atoms with Gasteiger partial charge in [-0.1, -0.05) is 30.3 Å². The minimum Gasteiger partial charge on any atom is -0.465 e. The van der Waals surface area contributed by atoms with Crippen LogP contribution in [-0.4, -0.2) is 32.2 Å². The van der Waals surface area contributed by atoms with Gasteiger partial charge < -0.3 is 9.47 Å². The van der Waals surface area contributed by atoms with E-state index in [1.165, 1.54) is 14.2 Å². The van der Waals surface area contributed by atoms with Gasteiger partial charge in [-0.2, -0.15) is 15.5 Å². The topological polar surface area (TPSA) is 101 Å². The van der Waals surface area contributed by atoms with Crippen molar-refractivity contribution in [2.75, 3.05) is 14.2 Å². The van der Waals surface area contributed by atoms with Gasteiger partial charge in [0.1, 0.15) is 0 Å². The first kappa shape index (κ1) is 19.8. The Hall–Kier alpha value is -3.53. The first-order valence-electron chi connectivity index (χ1n) is 8.22. The monoisotopic (exact) mass is 365 g/mol. The molecule has 27 heavy (non-hydrogen) atoms. The smallest absolute Gasteiger partial charge is 0.340 e. The molecule has 2 aromatic carbocycles. The summed E-state index contributed by atoms with van der Waals surface area (Å²) < 4.78 is 9.53. The molecule has 7 nitrogen and oxygen atoms in total. The molecule has 0 saturated carbocycles. The second-order valence-electron chi connectivity index (χ2n) is 5.59. The number of ether oxygens (including phenoxy) is 2. The summed E-state index contributed by atoms with van der Waals surface area (Å²) in [5.74, 6) is -0.966. The van der Waals surface area contributed by atoms with Crippen molar-refractivity contribution in [3.05, 3.63) is 65.2 Å². The third kappa shape index (κ3) is 5.22. The maximum atomic E-state index is 11.9. The summed E-state index contributed by atoms with van der Waals surface area (Å²) >= 11 is 0. The lowest BCUT2D eigenvalue weighted by Crippen LogP contribution is -2.12. The van der Waals surface area contributed by atoms with Crippen molar-refractivity contribution in [2.24, 2.45) is 10.2 Å². The maximum absolute atomic E-state index is 11.9. The van der Waals surface area contributed by atoms with E-state index in [4.69, 9.17) is 14.7 Å². The van der Waals surface area contributed by atoms with E-state index < -0.39 is 18.0 Å². The summed E-state index contributed by atoms with van der Waals surface area (Å²) in [4.78, 5) is 23.7. The predicted molar refractivity (Wildman–Crippen MR) is 97.8 cm³/mol. The van der Waals surface area contributed by atoms with Crippen LogP contribution in [0.3, 0.4) is 0 Å². The Labute approximate surface area is 157 Å². The lowest BCUT2D eigenvalue weighted by molar-refractivity contribution is 0.0591. The van der Waals surface area contributed by atoms with E-state index in [-0.39, 0.29) is 12.0 Å². The molecule has 1 atom stereocenters. The van der Waals surface area contributed by atoms with Crippen molar-refractivity contribution in [1.29, 1.82) is 5.26 Å². The van der Waals surface area contributed by atoms with Crippen LogP contribution in [-0.2, 0) is 15.9 Å². The van der Waals surface area contributed by atoms with Gasteiger partial charge in [-0.05, 0) is 30.2 Å². The maximum Gasteiger partial charge on any atom is 0.340 e. The minimum atomic E-state index is -0.516. The highest BCUT2D eigenvalue weighted by Gasteiger charge is 2.16. The van der Waals surface area contributed by atoms with E-state index in [1.54, 1.807) is 48.5 Å². The second kappa shape index (κ2) is 9.82. The molecular weight excluding hydrogens is 346 g/mol. The van der Waals surface area contributed by atoms with E-state index in [2.05, 4.69) is 16.3 Å². The third-order valence-electron chi connectivity index (χ3n) is 3.84. The summed E-state index contributed by atoms with van der Waals surface area (Å²) in [5.41, 5.74) is 1.78. The van der Waals surface area contributed by atoms with Crippen LogP contribution in [0, 0.1) is 11.3 Å². The lowest BCUT2D eigenvalue weighted by Gasteiger charge is -2.11. The first-order chi connectivity index (χ1) is 13.1. The molecule has 7 heteroatoms. The summed E-state index contributed by atoms with van der Waals surface area (Å²) in [5, 5.41) is 17.5. The molecule has 0 radical (unpaired) electrons. The van der Waals surface area contributed by atoms with E-state index in [0.29, 0.717) is 23.2 Å². The number of benzene rings is 2. The van der Waals surface area contributed by atoms with Gasteiger partial charge in [-0.25, -0.2) is 9.59 Å². The number of hydrogen-bond acceptors (Lipinski definition) is 7. The molecule has 0 bridgehead atoms. The summed E-state index contributed by atoms with van der Waals surface area (Å²) in [7, 11) is 2.60. The first-order valence-corrected chi connectivity index (χ1v) is 8.22. The number of carbonyl (C=O) groups excluding carboxylic acids is 2. The second-order valence-corrected chi connectivity index (χ2v) is 5.59. The highest BCUT2D eigenvalue weighted by Crippen LogP contribution is 2.22. The zero-order valence-corrected chi connectivity index (χ0v) is 15.1. The van der Waals surface area contributed by atoms with Crippen molar-refractivity contribution in [3.63, 3.8) is 0 Å². The van der Waals surface area contributed by atoms with Crippen molar-refractivity contribution >= 4 is 17.6 Å². The molecule has 2 rings (SSSR count). The Bertz CT molecular complexity index is 887. The molecule has 0 amide bonds. The molecule has 1 unspecified atom stereocenters. The molecule has 0 spiro atoms. The van der Waals surface area contributed by atoms with Crippen LogP contribution < -0.4 is 0 Å². The lowest BCUT2D eigenvalue weighted by atomic mass is 9.99. The highest BCUT2D eigenvalue weighted by atomic mass is 16.5.